The first kappa shape index (κ1) is 26.9. The second-order valence-corrected chi connectivity index (χ2v) is 11.7. The van der Waals surface area contributed by atoms with Crippen molar-refractivity contribution >= 4 is 17.3 Å². The topological polar surface area (TPSA) is 77.6 Å². The summed E-state index contributed by atoms with van der Waals surface area (Å²) in [6.07, 6.45) is 0. The minimum absolute atomic E-state index is 0.139. The highest BCUT2D eigenvalue weighted by Gasteiger charge is 2.42. The maximum absolute atomic E-state index is 13.8. The van der Waals surface area contributed by atoms with Crippen molar-refractivity contribution in [2.24, 2.45) is 11.8 Å². The number of benzene rings is 3. The monoisotopic (exact) mass is 544 g/mol. The summed E-state index contributed by atoms with van der Waals surface area (Å²) in [7, 11) is 0. The van der Waals surface area contributed by atoms with Crippen molar-refractivity contribution in [2.45, 2.75) is 20.4 Å². The fraction of sp³-hybridized carbons (Fsp3) is 0.382. The number of nitriles is 2. The van der Waals surface area contributed by atoms with Gasteiger partial charge >= 0.3 is 0 Å². The number of hydrogen-bond acceptors (Lipinski definition) is 6. The maximum atomic E-state index is 13.8. The molecule has 7 nitrogen and oxygen atoms in total. The Morgan fingerprint density at radius 2 is 1.32 bits per heavy atom. The molecule has 2 atom stereocenters. The van der Waals surface area contributed by atoms with Crippen molar-refractivity contribution in [2.75, 3.05) is 62.2 Å². The largest absolute Gasteiger partial charge is 0.370 e. The number of anilines is 2. The van der Waals surface area contributed by atoms with Crippen LogP contribution < -0.4 is 9.80 Å². The van der Waals surface area contributed by atoms with Gasteiger partial charge in [-0.05, 0) is 60.9 Å². The standard InChI is InChI=1S/C34H36N6O/c1-24-15-25(2)31(16-28(24)19-37-11-13-38(14-12-37)32-9-5-3-7-26(32)17-35)34(41)40-22-29-20-39(21-30(29)23-40)33-10-6-4-8-27(33)18-36/h3-10,15-16,29-30H,11-14,19-23H2,1-2H3. The lowest BCUT2D eigenvalue weighted by molar-refractivity contribution is 0.0781. The van der Waals surface area contributed by atoms with Gasteiger partial charge in [-0.2, -0.15) is 10.5 Å². The predicted molar refractivity (Wildman–Crippen MR) is 161 cm³/mol. The number of para-hydroxylation sites is 2. The quantitative estimate of drug-likeness (QED) is 0.468. The SMILES string of the molecule is Cc1cc(C)c(C(=O)N2CC3CN(c4ccccc4C#N)CC3C2)cc1CN1CCN(c2ccccc2C#N)CC1. The molecule has 41 heavy (non-hydrogen) atoms. The van der Waals surface area contributed by atoms with Gasteiger partial charge in [0.05, 0.1) is 22.5 Å². The second kappa shape index (κ2) is 11.3. The Hall–Kier alpha value is -4.33. The van der Waals surface area contributed by atoms with E-state index in [1.807, 2.05) is 55.5 Å². The molecule has 0 saturated carbocycles. The normalized spacial score (nSPS) is 20.5. The van der Waals surface area contributed by atoms with Crippen LogP contribution in [0.2, 0.25) is 0 Å². The average molecular weight is 545 g/mol. The molecule has 208 valence electrons. The van der Waals surface area contributed by atoms with Crippen LogP contribution in [-0.2, 0) is 6.54 Å². The van der Waals surface area contributed by atoms with Crippen LogP contribution >= 0.6 is 0 Å². The molecule has 0 bridgehead atoms. The van der Waals surface area contributed by atoms with Crippen molar-refractivity contribution in [3.63, 3.8) is 0 Å². The predicted octanol–water partition coefficient (Wildman–Crippen LogP) is 4.58. The zero-order valence-electron chi connectivity index (χ0n) is 23.9. The molecule has 3 aliphatic rings. The number of aryl methyl sites for hydroxylation is 2. The summed E-state index contributed by atoms with van der Waals surface area (Å²) < 4.78 is 0. The molecule has 0 aliphatic carbocycles. The van der Waals surface area contributed by atoms with Gasteiger partial charge < -0.3 is 14.7 Å². The van der Waals surface area contributed by atoms with E-state index in [4.69, 9.17) is 0 Å². The second-order valence-electron chi connectivity index (χ2n) is 11.7. The first-order chi connectivity index (χ1) is 19.9. The molecule has 2 unspecified atom stereocenters. The first-order valence-electron chi connectivity index (χ1n) is 14.5. The third kappa shape index (κ3) is 5.26. The third-order valence-corrected chi connectivity index (χ3v) is 9.18. The van der Waals surface area contributed by atoms with Crippen LogP contribution in [0.15, 0.2) is 60.7 Å². The van der Waals surface area contributed by atoms with E-state index in [0.717, 1.165) is 92.5 Å². The van der Waals surface area contributed by atoms with Gasteiger partial charge in [0.25, 0.3) is 5.91 Å². The van der Waals surface area contributed by atoms with Crippen LogP contribution in [0.4, 0.5) is 11.4 Å². The molecule has 3 fully saturated rings. The Bertz CT molecular complexity index is 1530. The molecule has 0 N–H and O–H groups in total. The van der Waals surface area contributed by atoms with Gasteiger partial charge in [0.2, 0.25) is 0 Å². The minimum atomic E-state index is 0.139. The van der Waals surface area contributed by atoms with Gasteiger partial charge in [-0.3, -0.25) is 9.69 Å². The molecule has 3 aromatic rings. The molecule has 0 aromatic heterocycles. The number of piperazine rings is 1. The molecule has 0 spiro atoms. The number of amides is 1. The van der Waals surface area contributed by atoms with Gasteiger partial charge in [-0.1, -0.05) is 30.3 Å². The Morgan fingerprint density at radius 3 is 1.90 bits per heavy atom. The van der Waals surface area contributed by atoms with E-state index in [1.165, 1.54) is 11.1 Å². The molecule has 3 heterocycles. The van der Waals surface area contributed by atoms with Gasteiger partial charge in [-0.25, -0.2) is 0 Å². The highest BCUT2D eigenvalue weighted by Crippen LogP contribution is 2.36. The molecule has 3 aliphatic heterocycles. The Kier molecular flexibility index (Phi) is 7.39. The average Bonchev–Trinajstić information content (AvgIpc) is 3.58. The number of nitrogens with zero attached hydrogens (tertiary/aromatic N) is 6. The smallest absolute Gasteiger partial charge is 0.254 e. The zero-order chi connectivity index (χ0) is 28.5. The molecule has 0 radical (unpaired) electrons. The van der Waals surface area contributed by atoms with Crippen molar-refractivity contribution in [3.05, 3.63) is 94.0 Å². The van der Waals surface area contributed by atoms with Crippen molar-refractivity contribution in [1.82, 2.24) is 9.80 Å². The highest BCUT2D eigenvalue weighted by atomic mass is 16.2. The van der Waals surface area contributed by atoms with Crippen LogP contribution in [0.1, 0.15) is 38.2 Å². The van der Waals surface area contributed by atoms with Crippen LogP contribution in [0.5, 0.6) is 0 Å². The van der Waals surface area contributed by atoms with Gasteiger partial charge in [0.15, 0.2) is 0 Å². The van der Waals surface area contributed by atoms with E-state index in [-0.39, 0.29) is 5.91 Å². The van der Waals surface area contributed by atoms with E-state index in [9.17, 15) is 15.3 Å². The van der Waals surface area contributed by atoms with E-state index < -0.39 is 0 Å². The summed E-state index contributed by atoms with van der Waals surface area (Å²) in [5, 5.41) is 19.0. The molecular weight excluding hydrogens is 508 g/mol. The van der Waals surface area contributed by atoms with Crippen LogP contribution in [0, 0.1) is 48.3 Å². The first-order valence-corrected chi connectivity index (χ1v) is 14.5. The highest BCUT2D eigenvalue weighted by molar-refractivity contribution is 5.96. The van der Waals surface area contributed by atoms with Crippen molar-refractivity contribution < 1.29 is 4.79 Å². The minimum Gasteiger partial charge on any atom is -0.370 e. The summed E-state index contributed by atoms with van der Waals surface area (Å²) in [6.45, 7) is 11.9. The lowest BCUT2D eigenvalue weighted by atomic mass is 9.98. The number of carbonyl (C=O) groups excluding carboxylic acids is 1. The Morgan fingerprint density at radius 1 is 0.756 bits per heavy atom. The Labute approximate surface area is 242 Å². The Balaban J connectivity index is 1.10. The number of carbonyl (C=O) groups is 1. The van der Waals surface area contributed by atoms with Crippen LogP contribution in [0.3, 0.4) is 0 Å². The van der Waals surface area contributed by atoms with Gasteiger partial charge in [0, 0.05) is 76.3 Å². The third-order valence-electron chi connectivity index (χ3n) is 9.18. The number of hydrogen-bond donors (Lipinski definition) is 0. The van der Waals surface area contributed by atoms with Gasteiger partial charge in [0.1, 0.15) is 12.1 Å². The summed E-state index contributed by atoms with van der Waals surface area (Å²) in [4.78, 5) is 22.9. The van der Waals surface area contributed by atoms with Crippen molar-refractivity contribution in [1.29, 1.82) is 10.5 Å². The summed E-state index contributed by atoms with van der Waals surface area (Å²) >= 11 is 0. The van der Waals surface area contributed by atoms with E-state index in [1.54, 1.807) is 0 Å². The summed E-state index contributed by atoms with van der Waals surface area (Å²) in [5.41, 5.74) is 7.76. The zero-order valence-corrected chi connectivity index (χ0v) is 23.9. The summed E-state index contributed by atoms with van der Waals surface area (Å²) in [5.74, 6) is 0.997. The summed E-state index contributed by atoms with van der Waals surface area (Å²) in [6, 6.07) is 24.6. The molecule has 3 aromatic carbocycles. The number of fused-ring (bicyclic) bond motifs is 1. The maximum Gasteiger partial charge on any atom is 0.254 e. The molecule has 3 saturated heterocycles. The molecular formula is C34H36N6O. The number of rotatable bonds is 5. The van der Waals surface area contributed by atoms with E-state index >= 15 is 0 Å². The van der Waals surface area contributed by atoms with Crippen LogP contribution in [-0.4, -0.2) is 68.1 Å². The molecule has 7 heteroatoms. The molecule has 6 rings (SSSR count). The fourth-order valence-electron chi connectivity index (χ4n) is 6.90. The number of likely N-dealkylation sites (tertiary alicyclic amines) is 1. The van der Waals surface area contributed by atoms with Crippen LogP contribution in [0.25, 0.3) is 0 Å². The fourth-order valence-corrected chi connectivity index (χ4v) is 6.90. The lowest BCUT2D eigenvalue weighted by Gasteiger charge is -2.36. The molecule has 1 amide bonds. The van der Waals surface area contributed by atoms with E-state index in [0.29, 0.717) is 11.8 Å². The van der Waals surface area contributed by atoms with Gasteiger partial charge in [-0.15, -0.1) is 0 Å². The lowest BCUT2D eigenvalue weighted by Crippen LogP contribution is -2.46. The van der Waals surface area contributed by atoms with E-state index in [2.05, 4.69) is 50.8 Å². The van der Waals surface area contributed by atoms with Crippen molar-refractivity contribution in [3.8, 4) is 12.1 Å².